The molecule has 0 aromatic heterocycles. The van der Waals surface area contributed by atoms with E-state index in [1.54, 1.807) is 0 Å². The van der Waals surface area contributed by atoms with Gasteiger partial charge in [-0.3, -0.25) is 0 Å². The molecule has 1 aliphatic rings. The Morgan fingerprint density at radius 3 is 2.38 bits per heavy atom. The molecule has 0 amide bonds. The van der Waals surface area contributed by atoms with Crippen LogP contribution in [0.3, 0.4) is 0 Å². The predicted octanol–water partition coefficient (Wildman–Crippen LogP) is 2.74. The van der Waals surface area contributed by atoms with Crippen molar-refractivity contribution in [2.75, 3.05) is 32.7 Å². The second-order valence-electron chi connectivity index (χ2n) is 5.62. The third-order valence-electron chi connectivity index (χ3n) is 3.52. The number of hydrogen-bond donors (Lipinski definition) is 1. The van der Waals surface area contributed by atoms with Crippen LogP contribution >= 0.6 is 0 Å². The number of hydrogen-bond acceptors (Lipinski definition) is 2. The highest BCUT2D eigenvalue weighted by atomic mass is 15.1. The van der Waals surface area contributed by atoms with Crippen LogP contribution in [-0.2, 0) is 0 Å². The molecule has 1 rings (SSSR count). The lowest BCUT2D eigenvalue weighted by Gasteiger charge is -2.34. The van der Waals surface area contributed by atoms with Gasteiger partial charge in [0.25, 0.3) is 0 Å². The van der Waals surface area contributed by atoms with Gasteiger partial charge in [0.15, 0.2) is 0 Å². The predicted molar refractivity (Wildman–Crippen MR) is 71.8 cm³/mol. The Balaban J connectivity index is 1.99. The normalized spacial score (nSPS) is 27.2. The summed E-state index contributed by atoms with van der Waals surface area (Å²) < 4.78 is 0. The fourth-order valence-electron chi connectivity index (χ4n) is 2.91. The van der Waals surface area contributed by atoms with Crippen LogP contribution in [0.2, 0.25) is 0 Å². The molecule has 2 atom stereocenters. The average Bonchev–Trinajstić information content (AvgIpc) is 2.22. The van der Waals surface area contributed by atoms with Crippen molar-refractivity contribution in [2.45, 2.75) is 46.5 Å². The highest BCUT2D eigenvalue weighted by Gasteiger charge is 2.20. The second kappa shape index (κ2) is 8.08. The molecular formula is C14H30N2. The van der Waals surface area contributed by atoms with Crippen LogP contribution in [0.25, 0.3) is 0 Å². The first-order valence-electron chi connectivity index (χ1n) is 7.15. The second-order valence-corrected chi connectivity index (χ2v) is 5.62. The van der Waals surface area contributed by atoms with E-state index in [-0.39, 0.29) is 0 Å². The molecule has 1 heterocycles. The fourth-order valence-corrected chi connectivity index (χ4v) is 2.91. The molecule has 0 radical (unpaired) electrons. The van der Waals surface area contributed by atoms with Gasteiger partial charge in [-0.1, -0.05) is 27.2 Å². The summed E-state index contributed by atoms with van der Waals surface area (Å²) in [4.78, 5) is 2.67. The van der Waals surface area contributed by atoms with Gasteiger partial charge in [0.1, 0.15) is 0 Å². The van der Waals surface area contributed by atoms with E-state index in [2.05, 4.69) is 31.0 Å². The van der Waals surface area contributed by atoms with Crippen molar-refractivity contribution in [1.29, 1.82) is 0 Å². The van der Waals surface area contributed by atoms with Gasteiger partial charge in [0.2, 0.25) is 0 Å². The maximum absolute atomic E-state index is 3.39. The van der Waals surface area contributed by atoms with Crippen LogP contribution in [0.1, 0.15) is 46.5 Å². The Morgan fingerprint density at radius 2 is 1.75 bits per heavy atom. The molecule has 1 fully saturated rings. The lowest BCUT2D eigenvalue weighted by atomic mass is 9.92. The van der Waals surface area contributed by atoms with Crippen molar-refractivity contribution in [2.24, 2.45) is 11.8 Å². The van der Waals surface area contributed by atoms with E-state index in [9.17, 15) is 0 Å². The topological polar surface area (TPSA) is 15.3 Å². The summed E-state index contributed by atoms with van der Waals surface area (Å²) in [7, 11) is 0. The van der Waals surface area contributed by atoms with Gasteiger partial charge in [0, 0.05) is 13.1 Å². The quantitative estimate of drug-likeness (QED) is 0.672. The molecule has 2 nitrogen and oxygen atoms in total. The molecule has 2 unspecified atom stereocenters. The minimum Gasteiger partial charge on any atom is -0.317 e. The van der Waals surface area contributed by atoms with Gasteiger partial charge in [-0.05, 0) is 50.7 Å². The first-order valence-corrected chi connectivity index (χ1v) is 7.15. The summed E-state index contributed by atoms with van der Waals surface area (Å²) in [5, 5.41) is 3.39. The van der Waals surface area contributed by atoms with Crippen molar-refractivity contribution < 1.29 is 0 Å². The van der Waals surface area contributed by atoms with Gasteiger partial charge < -0.3 is 10.2 Å². The van der Waals surface area contributed by atoms with E-state index in [0.29, 0.717) is 0 Å². The summed E-state index contributed by atoms with van der Waals surface area (Å²) in [6.07, 6.45) is 5.53. The van der Waals surface area contributed by atoms with E-state index < -0.39 is 0 Å². The first-order chi connectivity index (χ1) is 7.72. The van der Waals surface area contributed by atoms with E-state index in [0.717, 1.165) is 18.4 Å². The molecule has 0 aliphatic carbocycles. The van der Waals surface area contributed by atoms with Crippen LogP contribution in [0, 0.1) is 11.8 Å². The molecule has 0 bridgehead atoms. The van der Waals surface area contributed by atoms with Crippen LogP contribution in [0.4, 0.5) is 0 Å². The first kappa shape index (κ1) is 14.0. The van der Waals surface area contributed by atoms with Crippen molar-refractivity contribution in [3.8, 4) is 0 Å². The lowest BCUT2D eigenvalue weighted by Crippen LogP contribution is -2.39. The Kier molecular flexibility index (Phi) is 7.06. The summed E-state index contributed by atoms with van der Waals surface area (Å²) in [6.45, 7) is 13.3. The largest absolute Gasteiger partial charge is 0.317 e. The maximum Gasteiger partial charge on any atom is 0.000724 e. The molecule has 1 N–H and O–H groups in total. The lowest BCUT2D eigenvalue weighted by molar-refractivity contribution is 0.139. The Labute approximate surface area is 102 Å². The molecule has 96 valence electrons. The number of nitrogens with one attached hydrogen (secondary N) is 1. The van der Waals surface area contributed by atoms with Gasteiger partial charge in [-0.2, -0.15) is 0 Å². The van der Waals surface area contributed by atoms with Crippen molar-refractivity contribution in [1.82, 2.24) is 10.2 Å². The molecular weight excluding hydrogens is 196 g/mol. The van der Waals surface area contributed by atoms with Gasteiger partial charge in [-0.25, -0.2) is 0 Å². The number of nitrogens with zero attached hydrogens (tertiary/aromatic N) is 1. The van der Waals surface area contributed by atoms with E-state index >= 15 is 0 Å². The van der Waals surface area contributed by atoms with Crippen LogP contribution in [-0.4, -0.2) is 37.6 Å². The van der Waals surface area contributed by atoms with E-state index in [1.807, 2.05) is 0 Å². The molecule has 0 saturated carbocycles. The zero-order valence-electron chi connectivity index (χ0n) is 11.5. The van der Waals surface area contributed by atoms with Crippen LogP contribution < -0.4 is 5.32 Å². The van der Waals surface area contributed by atoms with Crippen molar-refractivity contribution in [3.63, 3.8) is 0 Å². The van der Waals surface area contributed by atoms with E-state index in [4.69, 9.17) is 0 Å². The van der Waals surface area contributed by atoms with Crippen LogP contribution in [0.15, 0.2) is 0 Å². The molecule has 1 aliphatic heterocycles. The standard InChI is InChI=1S/C14H30N2/c1-4-15-8-6-5-7-9-16-11-13(2)10-14(3)12-16/h13-15H,4-12H2,1-3H3. The monoisotopic (exact) mass is 226 g/mol. The minimum absolute atomic E-state index is 0.908. The highest BCUT2D eigenvalue weighted by molar-refractivity contribution is 4.74. The summed E-state index contributed by atoms with van der Waals surface area (Å²) in [5.41, 5.74) is 0. The van der Waals surface area contributed by atoms with Crippen molar-refractivity contribution in [3.05, 3.63) is 0 Å². The average molecular weight is 226 g/mol. The third-order valence-corrected chi connectivity index (χ3v) is 3.52. The summed E-state index contributed by atoms with van der Waals surface area (Å²) in [5.74, 6) is 1.82. The number of rotatable bonds is 7. The Hall–Kier alpha value is -0.0800. The van der Waals surface area contributed by atoms with Gasteiger partial charge in [0.05, 0.1) is 0 Å². The van der Waals surface area contributed by atoms with Gasteiger partial charge in [-0.15, -0.1) is 0 Å². The smallest absolute Gasteiger partial charge is 0.000724 e. The molecule has 16 heavy (non-hydrogen) atoms. The molecule has 1 saturated heterocycles. The molecule has 0 aromatic carbocycles. The van der Waals surface area contributed by atoms with E-state index in [1.165, 1.54) is 51.9 Å². The number of piperidine rings is 1. The SMILES string of the molecule is CCNCCCCCN1CC(C)CC(C)C1. The molecule has 2 heteroatoms. The number of likely N-dealkylation sites (tertiary alicyclic amines) is 1. The highest BCUT2D eigenvalue weighted by Crippen LogP contribution is 2.21. The zero-order valence-corrected chi connectivity index (χ0v) is 11.5. The third kappa shape index (κ3) is 5.86. The fraction of sp³-hybridized carbons (Fsp3) is 1.00. The Bertz CT molecular complexity index is 160. The minimum atomic E-state index is 0.908. The molecule has 0 aromatic rings. The molecule has 0 spiro atoms. The summed E-state index contributed by atoms with van der Waals surface area (Å²) in [6, 6.07) is 0. The number of unbranched alkanes of at least 4 members (excludes halogenated alkanes) is 2. The van der Waals surface area contributed by atoms with Crippen molar-refractivity contribution >= 4 is 0 Å². The van der Waals surface area contributed by atoms with Crippen LogP contribution in [0.5, 0.6) is 0 Å². The Morgan fingerprint density at radius 1 is 1.06 bits per heavy atom. The summed E-state index contributed by atoms with van der Waals surface area (Å²) >= 11 is 0. The maximum atomic E-state index is 3.39. The zero-order chi connectivity index (χ0) is 11.8. The van der Waals surface area contributed by atoms with Gasteiger partial charge >= 0.3 is 0 Å².